The van der Waals surface area contributed by atoms with E-state index in [1.165, 1.54) is 38.5 Å². The van der Waals surface area contributed by atoms with E-state index in [4.69, 9.17) is 0 Å². The Morgan fingerprint density at radius 1 is 0.909 bits per heavy atom. The zero-order valence-electron chi connectivity index (χ0n) is 7.40. The van der Waals surface area contributed by atoms with Crippen molar-refractivity contribution >= 4 is 0 Å². The van der Waals surface area contributed by atoms with Gasteiger partial charge >= 0.3 is 0 Å². The maximum atomic E-state index is 2.35. The molecule has 1 aliphatic carbocycles. The first kappa shape index (κ1) is 11.0. The van der Waals surface area contributed by atoms with E-state index < -0.39 is 0 Å². The van der Waals surface area contributed by atoms with Gasteiger partial charge in [0.2, 0.25) is 0 Å². The molecule has 1 aliphatic rings. The molecule has 11 heavy (non-hydrogen) atoms. The van der Waals surface area contributed by atoms with Gasteiger partial charge in [-0.3, -0.25) is 0 Å². The lowest BCUT2D eigenvalue weighted by Gasteiger charge is -2.29. The third kappa shape index (κ3) is 2.84. The summed E-state index contributed by atoms with van der Waals surface area (Å²) in [5, 5.41) is 0. The molecule has 1 fully saturated rings. The van der Waals surface area contributed by atoms with Gasteiger partial charge in [0.15, 0.2) is 0 Å². The van der Waals surface area contributed by atoms with Crippen LogP contribution in [0.4, 0.5) is 0 Å². The van der Waals surface area contributed by atoms with E-state index >= 15 is 0 Å². The molecule has 68 valence electrons. The van der Waals surface area contributed by atoms with E-state index in [1.54, 1.807) is 0 Å². The van der Waals surface area contributed by atoms with Gasteiger partial charge in [0.1, 0.15) is 0 Å². The van der Waals surface area contributed by atoms with Crippen LogP contribution < -0.4 is 0 Å². The number of hydrogen-bond donors (Lipinski definition) is 0. The van der Waals surface area contributed by atoms with E-state index in [9.17, 15) is 0 Å². The van der Waals surface area contributed by atoms with Gasteiger partial charge < -0.3 is 0 Å². The second kappa shape index (κ2) is 5.62. The molecule has 0 aromatic heterocycles. The Hall–Kier alpha value is 0. The first-order chi connectivity index (χ1) is 4.88. The van der Waals surface area contributed by atoms with Crippen LogP contribution in [0, 0.1) is 11.8 Å². The van der Waals surface area contributed by atoms with E-state index in [2.05, 4.69) is 13.8 Å². The fourth-order valence-corrected chi connectivity index (χ4v) is 2.36. The van der Waals surface area contributed by atoms with Crippen molar-refractivity contribution in [2.45, 2.75) is 59.8 Å². The monoisotopic (exact) mass is 156 g/mol. The second-order valence-electron chi connectivity index (χ2n) is 3.62. The van der Waals surface area contributed by atoms with E-state index in [-0.39, 0.29) is 7.43 Å². The third-order valence-corrected chi connectivity index (χ3v) is 3.12. The Labute approximate surface area is 72.4 Å². The van der Waals surface area contributed by atoms with Crippen molar-refractivity contribution in [1.29, 1.82) is 0 Å². The van der Waals surface area contributed by atoms with Crippen LogP contribution in [0.5, 0.6) is 0 Å². The number of hydrogen-bond acceptors (Lipinski definition) is 0. The highest BCUT2D eigenvalue weighted by molar-refractivity contribution is 4.72. The molecule has 0 bridgehead atoms. The first-order valence-corrected chi connectivity index (χ1v) is 4.88. The van der Waals surface area contributed by atoms with Crippen molar-refractivity contribution in [1.82, 2.24) is 0 Å². The summed E-state index contributed by atoms with van der Waals surface area (Å²) in [7, 11) is 0. The van der Waals surface area contributed by atoms with Crippen LogP contribution in [0.25, 0.3) is 0 Å². The van der Waals surface area contributed by atoms with Crippen LogP contribution >= 0.6 is 0 Å². The van der Waals surface area contributed by atoms with Gasteiger partial charge in [-0.15, -0.1) is 0 Å². The highest BCUT2D eigenvalue weighted by Gasteiger charge is 2.21. The molecule has 0 nitrogen and oxygen atoms in total. The van der Waals surface area contributed by atoms with Gasteiger partial charge in [0, 0.05) is 0 Å². The van der Waals surface area contributed by atoms with Crippen molar-refractivity contribution < 1.29 is 0 Å². The van der Waals surface area contributed by atoms with E-state index in [0.717, 1.165) is 11.8 Å². The van der Waals surface area contributed by atoms with Crippen LogP contribution in [-0.4, -0.2) is 0 Å². The van der Waals surface area contributed by atoms with Crippen LogP contribution in [0.2, 0.25) is 0 Å². The SMILES string of the molecule is C.CCC1CCCCC1CC. The molecule has 0 heteroatoms. The number of rotatable bonds is 2. The highest BCUT2D eigenvalue weighted by Crippen LogP contribution is 2.33. The van der Waals surface area contributed by atoms with E-state index in [1.807, 2.05) is 0 Å². The highest BCUT2D eigenvalue weighted by atomic mass is 14.3. The quantitative estimate of drug-likeness (QED) is 0.560. The molecule has 0 aliphatic heterocycles. The smallest absolute Gasteiger partial charge is 0.0389 e. The van der Waals surface area contributed by atoms with E-state index in [0.29, 0.717) is 0 Å². The molecule has 1 saturated carbocycles. The van der Waals surface area contributed by atoms with Crippen molar-refractivity contribution in [2.75, 3.05) is 0 Å². The molecule has 0 aromatic rings. The first-order valence-electron chi connectivity index (χ1n) is 4.88. The Balaban J connectivity index is 0.000001000. The Kier molecular flexibility index (Phi) is 5.62. The molecule has 0 saturated heterocycles. The van der Waals surface area contributed by atoms with Crippen LogP contribution in [0.3, 0.4) is 0 Å². The minimum Gasteiger partial charge on any atom is -0.0776 e. The average molecular weight is 156 g/mol. The summed E-state index contributed by atoms with van der Waals surface area (Å²) in [4.78, 5) is 0. The minimum absolute atomic E-state index is 0. The second-order valence-corrected chi connectivity index (χ2v) is 3.62. The van der Waals surface area contributed by atoms with Gasteiger partial charge in [0.25, 0.3) is 0 Å². The van der Waals surface area contributed by atoms with Crippen LogP contribution in [-0.2, 0) is 0 Å². The topological polar surface area (TPSA) is 0 Å². The van der Waals surface area contributed by atoms with Crippen LogP contribution in [0.1, 0.15) is 59.8 Å². The maximum absolute atomic E-state index is 2.35. The molecular weight excluding hydrogens is 132 g/mol. The van der Waals surface area contributed by atoms with Gasteiger partial charge in [-0.05, 0) is 11.8 Å². The summed E-state index contributed by atoms with van der Waals surface area (Å²) >= 11 is 0. The summed E-state index contributed by atoms with van der Waals surface area (Å²) in [5.74, 6) is 2.14. The summed E-state index contributed by atoms with van der Waals surface area (Å²) in [6.07, 6.45) is 8.84. The summed E-state index contributed by atoms with van der Waals surface area (Å²) in [6, 6.07) is 0. The zero-order valence-corrected chi connectivity index (χ0v) is 7.40. The normalized spacial score (nSPS) is 31.1. The van der Waals surface area contributed by atoms with Crippen molar-refractivity contribution in [3.63, 3.8) is 0 Å². The Bertz CT molecular complexity index is 74.0. The van der Waals surface area contributed by atoms with Crippen molar-refractivity contribution in [3.8, 4) is 0 Å². The maximum Gasteiger partial charge on any atom is -0.0389 e. The van der Waals surface area contributed by atoms with Crippen LogP contribution in [0.15, 0.2) is 0 Å². The fourth-order valence-electron chi connectivity index (χ4n) is 2.36. The zero-order chi connectivity index (χ0) is 7.40. The summed E-state index contributed by atoms with van der Waals surface area (Å²) in [5.41, 5.74) is 0. The molecule has 1 rings (SSSR count). The molecule has 0 aromatic carbocycles. The molecule has 0 amide bonds. The molecule has 0 radical (unpaired) electrons. The van der Waals surface area contributed by atoms with Gasteiger partial charge in [-0.25, -0.2) is 0 Å². The van der Waals surface area contributed by atoms with Crippen molar-refractivity contribution in [2.24, 2.45) is 11.8 Å². The standard InChI is InChI=1S/C10H20.CH4/c1-3-9-7-5-6-8-10(9)4-2;/h9-10H,3-8H2,1-2H3;1H4. The molecule has 2 atom stereocenters. The molecule has 2 unspecified atom stereocenters. The van der Waals surface area contributed by atoms with Gasteiger partial charge in [-0.2, -0.15) is 0 Å². The Morgan fingerprint density at radius 2 is 1.27 bits per heavy atom. The molecular formula is C11H24. The minimum atomic E-state index is 0. The van der Waals surface area contributed by atoms with Crippen molar-refractivity contribution in [3.05, 3.63) is 0 Å². The lowest BCUT2D eigenvalue weighted by atomic mass is 9.77. The summed E-state index contributed by atoms with van der Waals surface area (Å²) in [6.45, 7) is 4.69. The predicted octanol–water partition coefficient (Wildman–Crippen LogP) is 4.25. The largest absolute Gasteiger partial charge is 0.0776 e. The fraction of sp³-hybridized carbons (Fsp3) is 1.00. The average Bonchev–Trinajstić information content (AvgIpc) is 2.04. The molecule has 0 spiro atoms. The summed E-state index contributed by atoms with van der Waals surface area (Å²) < 4.78 is 0. The van der Waals surface area contributed by atoms with Gasteiger partial charge in [-0.1, -0.05) is 59.8 Å². The molecule has 0 heterocycles. The lowest BCUT2D eigenvalue weighted by Crippen LogP contribution is -2.17. The predicted molar refractivity (Wildman–Crippen MR) is 52.8 cm³/mol. The Morgan fingerprint density at radius 3 is 1.55 bits per heavy atom. The lowest BCUT2D eigenvalue weighted by molar-refractivity contribution is 0.224. The molecule has 0 N–H and O–H groups in total. The third-order valence-electron chi connectivity index (χ3n) is 3.12. The van der Waals surface area contributed by atoms with Gasteiger partial charge in [0.05, 0.1) is 0 Å².